The zero-order valence-corrected chi connectivity index (χ0v) is 22.3. The van der Waals surface area contributed by atoms with Crippen molar-refractivity contribution >= 4 is 39.1 Å². The summed E-state index contributed by atoms with van der Waals surface area (Å²) in [4.78, 5) is 18.0. The molecule has 4 N–H and O–H groups in total. The Morgan fingerprint density at radius 2 is 1.71 bits per heavy atom. The Bertz CT molecular complexity index is 1570. The van der Waals surface area contributed by atoms with Gasteiger partial charge in [-0.3, -0.25) is 4.79 Å². The number of hydrogen-bond donors (Lipinski definition) is 3. The van der Waals surface area contributed by atoms with Gasteiger partial charge in [0.1, 0.15) is 5.54 Å². The van der Waals surface area contributed by atoms with Crippen LogP contribution in [0.1, 0.15) is 18.7 Å². The van der Waals surface area contributed by atoms with Crippen LogP contribution < -0.4 is 15.8 Å². The maximum Gasteiger partial charge on any atom is 0.250 e. The van der Waals surface area contributed by atoms with Crippen LogP contribution in [0.4, 0.5) is 11.4 Å². The number of sulfonamides is 1. The molecule has 2 heterocycles. The van der Waals surface area contributed by atoms with Crippen molar-refractivity contribution in [1.82, 2.24) is 10.1 Å². The van der Waals surface area contributed by atoms with Gasteiger partial charge in [0.2, 0.25) is 27.6 Å². The van der Waals surface area contributed by atoms with Gasteiger partial charge < -0.3 is 15.2 Å². The average molecular weight is 550 g/mol. The molecule has 4 aromatic rings. The minimum Gasteiger partial charge on any atom is -0.371 e. The molecule has 0 saturated carbocycles. The number of primary sulfonamides is 1. The van der Waals surface area contributed by atoms with Crippen molar-refractivity contribution in [2.24, 2.45) is 5.14 Å². The van der Waals surface area contributed by atoms with Gasteiger partial charge in [-0.2, -0.15) is 16.7 Å². The van der Waals surface area contributed by atoms with Gasteiger partial charge in [-0.15, -0.1) is 0 Å². The van der Waals surface area contributed by atoms with Crippen LogP contribution in [0, 0.1) is 6.92 Å². The number of nitrogens with zero attached hydrogens (tertiary/aromatic N) is 2. The van der Waals surface area contributed by atoms with Gasteiger partial charge in [-0.1, -0.05) is 53.7 Å². The molecule has 0 aliphatic carbocycles. The average Bonchev–Trinajstić information content (AvgIpc) is 3.35. The fraction of sp³-hybridized carbons (Fsp3) is 0.222. The number of aromatic nitrogens is 2. The summed E-state index contributed by atoms with van der Waals surface area (Å²) >= 11 is 1.79. The molecule has 3 aromatic carbocycles. The third-order valence-corrected chi connectivity index (χ3v) is 8.38. The molecule has 5 rings (SSSR count). The Morgan fingerprint density at radius 1 is 0.974 bits per heavy atom. The van der Waals surface area contributed by atoms with Crippen LogP contribution >= 0.6 is 11.8 Å². The molecule has 1 aromatic heterocycles. The Hall–Kier alpha value is -3.67. The Balaban J connectivity index is 1.44. The highest BCUT2D eigenvalue weighted by Crippen LogP contribution is 2.34. The number of nitrogens with two attached hydrogens (primary N) is 1. The van der Waals surface area contributed by atoms with E-state index >= 15 is 0 Å². The minimum atomic E-state index is -4.05. The lowest BCUT2D eigenvalue weighted by atomic mass is 9.90. The van der Waals surface area contributed by atoms with Crippen molar-refractivity contribution in [2.75, 3.05) is 22.1 Å². The van der Waals surface area contributed by atoms with Gasteiger partial charge in [-0.25, -0.2) is 13.6 Å². The lowest BCUT2D eigenvalue weighted by Gasteiger charge is -2.37. The maximum atomic E-state index is 13.8. The summed E-state index contributed by atoms with van der Waals surface area (Å²) in [7, 11) is -4.05. The number of benzene rings is 3. The van der Waals surface area contributed by atoms with E-state index in [4.69, 9.17) is 9.66 Å². The van der Waals surface area contributed by atoms with Crippen LogP contribution in [-0.2, 0) is 14.8 Å². The van der Waals surface area contributed by atoms with Gasteiger partial charge in [0, 0.05) is 29.4 Å². The van der Waals surface area contributed by atoms with Gasteiger partial charge in [-0.05, 0) is 54.2 Å². The van der Waals surface area contributed by atoms with E-state index in [2.05, 4.69) is 20.8 Å². The van der Waals surface area contributed by atoms with Gasteiger partial charge in [0.25, 0.3) is 0 Å². The highest BCUT2D eigenvalue weighted by molar-refractivity contribution is 7.99. The molecule has 1 amide bonds. The lowest BCUT2D eigenvalue weighted by Crippen LogP contribution is -2.52. The van der Waals surface area contributed by atoms with Gasteiger partial charge in [0.15, 0.2) is 0 Å². The van der Waals surface area contributed by atoms with E-state index in [0.29, 0.717) is 41.4 Å². The summed E-state index contributed by atoms with van der Waals surface area (Å²) in [6.07, 6.45) is 1.19. The molecule has 9 nitrogen and oxygen atoms in total. The second kappa shape index (κ2) is 10.6. The van der Waals surface area contributed by atoms with Crippen LogP contribution in [0.15, 0.2) is 82.2 Å². The molecule has 1 aliphatic heterocycles. The quantitative estimate of drug-likeness (QED) is 0.302. The highest BCUT2D eigenvalue weighted by atomic mass is 32.2. The molecule has 1 aliphatic rings. The van der Waals surface area contributed by atoms with Crippen LogP contribution in [0.5, 0.6) is 0 Å². The molecule has 1 saturated heterocycles. The first kappa shape index (κ1) is 26.0. The molecule has 11 heteroatoms. The second-order valence-electron chi connectivity index (χ2n) is 9.11. The number of hydrogen-bond acceptors (Lipinski definition) is 8. The molecule has 0 bridgehead atoms. The first-order chi connectivity index (χ1) is 18.2. The van der Waals surface area contributed by atoms with E-state index in [1.165, 1.54) is 6.07 Å². The van der Waals surface area contributed by atoms with Crippen molar-refractivity contribution in [3.05, 3.63) is 78.7 Å². The lowest BCUT2D eigenvalue weighted by molar-refractivity contribution is -0.120. The number of carbonyl (C=O) groups excluding carboxylic acids is 1. The third-order valence-electron chi connectivity index (χ3n) is 6.44. The van der Waals surface area contributed by atoms with Crippen molar-refractivity contribution in [1.29, 1.82) is 0 Å². The fourth-order valence-electron chi connectivity index (χ4n) is 4.50. The van der Waals surface area contributed by atoms with Crippen molar-refractivity contribution < 1.29 is 17.7 Å². The highest BCUT2D eigenvalue weighted by Gasteiger charge is 2.40. The largest absolute Gasteiger partial charge is 0.371 e. The second-order valence-corrected chi connectivity index (χ2v) is 11.9. The van der Waals surface area contributed by atoms with Crippen molar-refractivity contribution in [3.8, 4) is 22.5 Å². The fourth-order valence-corrected chi connectivity index (χ4v) is 6.47. The topological polar surface area (TPSA) is 140 Å². The summed E-state index contributed by atoms with van der Waals surface area (Å²) in [5.74, 6) is 2.30. The van der Waals surface area contributed by atoms with E-state index in [1.807, 2.05) is 54.6 Å². The summed E-state index contributed by atoms with van der Waals surface area (Å²) in [5, 5.41) is 15.9. The summed E-state index contributed by atoms with van der Waals surface area (Å²) in [6.45, 7) is 1.73. The zero-order chi connectivity index (χ0) is 26.8. The Kier molecular flexibility index (Phi) is 7.24. The molecule has 0 radical (unpaired) electrons. The Morgan fingerprint density at radius 3 is 2.39 bits per heavy atom. The van der Waals surface area contributed by atoms with Crippen molar-refractivity contribution in [2.45, 2.75) is 30.2 Å². The normalized spacial score (nSPS) is 15.1. The first-order valence-electron chi connectivity index (χ1n) is 12.0. The van der Waals surface area contributed by atoms with Crippen LogP contribution in [0.3, 0.4) is 0 Å². The summed E-state index contributed by atoms with van der Waals surface area (Å²) in [5.41, 5.74) is 2.17. The molecule has 0 atom stereocenters. The SMILES string of the molecule is Cc1nc(-c2cccc(NC3(C(=O)Nc4ccc(-c5ccccc5)c(S(N)(=O)=O)c4)CCSCC3)c2)no1. The number of nitrogens with one attached hydrogen (secondary N) is 2. The molecule has 0 spiro atoms. The number of amides is 1. The van der Waals surface area contributed by atoms with E-state index < -0.39 is 15.6 Å². The number of carbonyl (C=O) groups is 1. The van der Waals surface area contributed by atoms with Gasteiger partial charge >= 0.3 is 0 Å². The standard InChI is InChI=1S/C27H27N5O4S2/c1-18-29-25(32-36-18)20-8-5-9-22(16-20)31-27(12-14-37-15-13-27)26(33)30-21-10-11-23(19-6-3-2-4-7-19)24(17-21)38(28,34)35/h2-11,16-17,31H,12-15H2,1H3,(H,30,33)(H2,28,34,35). The predicted octanol–water partition coefficient (Wildman–Crippen LogP) is 4.68. The number of thioether (sulfide) groups is 1. The minimum absolute atomic E-state index is 0.0502. The van der Waals surface area contributed by atoms with E-state index in [-0.39, 0.29) is 10.8 Å². The predicted molar refractivity (Wildman–Crippen MR) is 149 cm³/mol. The molecule has 1 fully saturated rings. The number of anilines is 2. The zero-order valence-electron chi connectivity index (χ0n) is 20.7. The molecular formula is C27H27N5O4S2. The smallest absolute Gasteiger partial charge is 0.250 e. The molecular weight excluding hydrogens is 522 g/mol. The molecule has 0 unspecified atom stereocenters. The van der Waals surface area contributed by atoms with Crippen molar-refractivity contribution in [3.63, 3.8) is 0 Å². The van der Waals surface area contributed by atoms with E-state index in [9.17, 15) is 13.2 Å². The molecule has 38 heavy (non-hydrogen) atoms. The van der Waals surface area contributed by atoms with E-state index in [0.717, 1.165) is 22.8 Å². The monoisotopic (exact) mass is 549 g/mol. The molecule has 196 valence electrons. The van der Waals surface area contributed by atoms with Crippen LogP contribution in [0.25, 0.3) is 22.5 Å². The van der Waals surface area contributed by atoms with Crippen LogP contribution in [-0.4, -0.2) is 41.5 Å². The van der Waals surface area contributed by atoms with Gasteiger partial charge in [0.05, 0.1) is 4.90 Å². The summed E-state index contributed by atoms with van der Waals surface area (Å²) in [6, 6.07) is 21.4. The number of rotatable bonds is 7. The first-order valence-corrected chi connectivity index (χ1v) is 14.7. The summed E-state index contributed by atoms with van der Waals surface area (Å²) < 4.78 is 30.0. The third kappa shape index (κ3) is 5.59. The Labute approximate surface area is 225 Å². The maximum absolute atomic E-state index is 13.8. The number of aryl methyl sites for hydroxylation is 1. The van der Waals surface area contributed by atoms with E-state index in [1.54, 1.807) is 30.8 Å². The van der Waals surface area contributed by atoms with Crippen LogP contribution in [0.2, 0.25) is 0 Å².